The van der Waals surface area contributed by atoms with Gasteiger partial charge in [-0.15, -0.1) is 0 Å². The zero-order valence-corrected chi connectivity index (χ0v) is 11.9. The van der Waals surface area contributed by atoms with Crippen molar-refractivity contribution in [3.05, 3.63) is 0 Å². The zero-order valence-electron chi connectivity index (χ0n) is 11.9. The molecule has 0 amide bonds. The van der Waals surface area contributed by atoms with Crippen LogP contribution < -0.4 is 5.73 Å². The Morgan fingerprint density at radius 2 is 2.17 bits per heavy atom. The molecule has 18 heavy (non-hydrogen) atoms. The summed E-state index contributed by atoms with van der Waals surface area (Å²) in [5.41, 5.74) is 5.96. The van der Waals surface area contributed by atoms with Gasteiger partial charge < -0.3 is 19.9 Å². The largest absolute Gasteiger partial charge is 0.383 e. The van der Waals surface area contributed by atoms with Crippen molar-refractivity contribution in [2.75, 3.05) is 47.1 Å². The van der Waals surface area contributed by atoms with E-state index in [2.05, 4.69) is 11.8 Å². The van der Waals surface area contributed by atoms with Crippen molar-refractivity contribution < 1.29 is 14.2 Å². The molecular formula is C13H28N2O3. The van der Waals surface area contributed by atoms with Crippen molar-refractivity contribution >= 4 is 0 Å². The Balaban J connectivity index is 2.63. The minimum Gasteiger partial charge on any atom is -0.383 e. The first-order chi connectivity index (χ1) is 8.74. The molecule has 1 saturated heterocycles. The molecule has 2 N–H and O–H groups in total. The van der Waals surface area contributed by atoms with E-state index in [0.29, 0.717) is 25.8 Å². The van der Waals surface area contributed by atoms with Crippen LogP contribution in [0.1, 0.15) is 19.8 Å². The van der Waals surface area contributed by atoms with E-state index in [-0.39, 0.29) is 12.1 Å². The molecule has 0 spiro atoms. The molecule has 5 heteroatoms. The molecule has 1 fully saturated rings. The van der Waals surface area contributed by atoms with Gasteiger partial charge in [-0.3, -0.25) is 4.90 Å². The molecule has 0 radical (unpaired) electrons. The molecule has 3 unspecified atom stereocenters. The molecule has 3 atom stereocenters. The number of hydrogen-bond acceptors (Lipinski definition) is 5. The third-order valence-corrected chi connectivity index (χ3v) is 3.59. The van der Waals surface area contributed by atoms with E-state index < -0.39 is 0 Å². The van der Waals surface area contributed by atoms with Crippen molar-refractivity contribution in [3.8, 4) is 0 Å². The first-order valence-electron chi connectivity index (χ1n) is 6.79. The fourth-order valence-corrected chi connectivity index (χ4v) is 2.65. The number of rotatable bonds is 9. The van der Waals surface area contributed by atoms with Crippen LogP contribution in [0.15, 0.2) is 0 Å². The highest BCUT2D eigenvalue weighted by Gasteiger charge is 2.32. The van der Waals surface area contributed by atoms with Crippen molar-refractivity contribution in [2.24, 2.45) is 5.73 Å². The SMILES string of the molecule is COCCN(C(C)COC)C(CN)C1CCCO1. The van der Waals surface area contributed by atoms with Crippen LogP contribution in [-0.2, 0) is 14.2 Å². The fourth-order valence-electron chi connectivity index (χ4n) is 2.65. The second kappa shape index (κ2) is 8.82. The van der Waals surface area contributed by atoms with Gasteiger partial charge in [-0.1, -0.05) is 0 Å². The molecule has 1 rings (SSSR count). The summed E-state index contributed by atoms with van der Waals surface area (Å²) in [4.78, 5) is 2.36. The van der Waals surface area contributed by atoms with Gasteiger partial charge in [0.05, 0.1) is 19.3 Å². The van der Waals surface area contributed by atoms with Gasteiger partial charge in [-0.25, -0.2) is 0 Å². The zero-order chi connectivity index (χ0) is 13.4. The maximum atomic E-state index is 5.96. The molecule has 1 heterocycles. The number of nitrogens with zero attached hydrogens (tertiary/aromatic N) is 1. The van der Waals surface area contributed by atoms with Gasteiger partial charge in [0.2, 0.25) is 0 Å². The second-order valence-electron chi connectivity index (χ2n) is 4.89. The van der Waals surface area contributed by atoms with Crippen LogP contribution in [-0.4, -0.2) is 70.2 Å². The Morgan fingerprint density at radius 1 is 1.39 bits per heavy atom. The lowest BCUT2D eigenvalue weighted by Gasteiger charge is -2.38. The van der Waals surface area contributed by atoms with Crippen LogP contribution in [0.3, 0.4) is 0 Å². The van der Waals surface area contributed by atoms with E-state index in [1.54, 1.807) is 14.2 Å². The van der Waals surface area contributed by atoms with Gasteiger partial charge in [-0.05, 0) is 19.8 Å². The van der Waals surface area contributed by atoms with E-state index in [1.165, 1.54) is 0 Å². The molecule has 0 aliphatic carbocycles. The standard InChI is InChI=1S/C13H28N2O3/c1-11(10-17-3)15(6-8-16-2)12(9-14)13-5-4-7-18-13/h11-13H,4-10,14H2,1-3H3. The Hall–Kier alpha value is -0.200. The van der Waals surface area contributed by atoms with Crippen molar-refractivity contribution in [1.29, 1.82) is 0 Å². The van der Waals surface area contributed by atoms with E-state index in [9.17, 15) is 0 Å². The molecule has 0 aromatic heterocycles. The highest BCUT2D eigenvalue weighted by atomic mass is 16.5. The Bertz CT molecular complexity index is 210. The highest BCUT2D eigenvalue weighted by molar-refractivity contribution is 4.86. The lowest BCUT2D eigenvalue weighted by atomic mass is 10.0. The van der Waals surface area contributed by atoms with Crippen LogP contribution in [0.4, 0.5) is 0 Å². The number of nitrogens with two attached hydrogens (primary N) is 1. The Morgan fingerprint density at radius 3 is 2.67 bits per heavy atom. The van der Waals surface area contributed by atoms with Crippen LogP contribution >= 0.6 is 0 Å². The second-order valence-corrected chi connectivity index (χ2v) is 4.89. The molecule has 1 aliphatic rings. The van der Waals surface area contributed by atoms with Crippen LogP contribution in [0.25, 0.3) is 0 Å². The summed E-state index contributed by atoms with van der Waals surface area (Å²) < 4.78 is 16.2. The monoisotopic (exact) mass is 260 g/mol. The maximum absolute atomic E-state index is 5.96. The Kier molecular flexibility index (Phi) is 7.77. The summed E-state index contributed by atoms with van der Waals surface area (Å²) in [6.07, 6.45) is 2.49. The molecule has 0 aromatic carbocycles. The third-order valence-electron chi connectivity index (χ3n) is 3.59. The van der Waals surface area contributed by atoms with Crippen molar-refractivity contribution in [3.63, 3.8) is 0 Å². The van der Waals surface area contributed by atoms with Gasteiger partial charge in [0, 0.05) is 46.0 Å². The fraction of sp³-hybridized carbons (Fsp3) is 1.00. The topological polar surface area (TPSA) is 57.0 Å². The lowest BCUT2D eigenvalue weighted by molar-refractivity contribution is -0.0150. The van der Waals surface area contributed by atoms with E-state index in [4.69, 9.17) is 19.9 Å². The van der Waals surface area contributed by atoms with Gasteiger partial charge in [0.25, 0.3) is 0 Å². The average molecular weight is 260 g/mol. The molecule has 0 saturated carbocycles. The molecule has 0 aromatic rings. The predicted molar refractivity (Wildman–Crippen MR) is 71.7 cm³/mol. The summed E-state index contributed by atoms with van der Waals surface area (Å²) >= 11 is 0. The van der Waals surface area contributed by atoms with Gasteiger partial charge in [-0.2, -0.15) is 0 Å². The lowest BCUT2D eigenvalue weighted by Crippen LogP contribution is -2.54. The third kappa shape index (κ3) is 4.48. The van der Waals surface area contributed by atoms with Gasteiger partial charge >= 0.3 is 0 Å². The summed E-state index contributed by atoms with van der Waals surface area (Å²) in [6, 6.07) is 0.579. The summed E-state index contributed by atoms with van der Waals surface area (Å²) in [5, 5.41) is 0. The van der Waals surface area contributed by atoms with E-state index in [1.807, 2.05) is 0 Å². The quantitative estimate of drug-likeness (QED) is 0.653. The first-order valence-corrected chi connectivity index (χ1v) is 6.79. The van der Waals surface area contributed by atoms with Crippen LogP contribution in [0, 0.1) is 0 Å². The predicted octanol–water partition coefficient (Wildman–Crippen LogP) is 0.476. The average Bonchev–Trinajstić information content (AvgIpc) is 2.88. The van der Waals surface area contributed by atoms with Crippen molar-refractivity contribution in [1.82, 2.24) is 4.90 Å². The van der Waals surface area contributed by atoms with Crippen LogP contribution in [0.5, 0.6) is 0 Å². The van der Waals surface area contributed by atoms with E-state index in [0.717, 1.165) is 26.0 Å². The first kappa shape index (κ1) is 15.9. The Labute approximate surface area is 111 Å². The number of ether oxygens (including phenoxy) is 3. The number of methoxy groups -OCH3 is 2. The molecule has 5 nitrogen and oxygen atoms in total. The minimum atomic E-state index is 0.256. The maximum Gasteiger partial charge on any atom is 0.0743 e. The van der Waals surface area contributed by atoms with Crippen LogP contribution in [0.2, 0.25) is 0 Å². The molecule has 1 aliphatic heterocycles. The molecule has 108 valence electrons. The smallest absolute Gasteiger partial charge is 0.0743 e. The molecule has 0 bridgehead atoms. The van der Waals surface area contributed by atoms with Gasteiger partial charge in [0.15, 0.2) is 0 Å². The minimum absolute atomic E-state index is 0.256. The normalized spacial score (nSPS) is 23.5. The highest BCUT2D eigenvalue weighted by Crippen LogP contribution is 2.21. The van der Waals surface area contributed by atoms with Crippen molar-refractivity contribution in [2.45, 2.75) is 38.0 Å². The van der Waals surface area contributed by atoms with Gasteiger partial charge in [0.1, 0.15) is 0 Å². The number of hydrogen-bond donors (Lipinski definition) is 1. The summed E-state index contributed by atoms with van der Waals surface area (Å²) in [7, 11) is 3.46. The molecular weight excluding hydrogens is 232 g/mol. The summed E-state index contributed by atoms with van der Waals surface area (Å²) in [5.74, 6) is 0. The van der Waals surface area contributed by atoms with E-state index >= 15 is 0 Å². The summed E-state index contributed by atoms with van der Waals surface area (Å²) in [6.45, 7) is 5.91.